The van der Waals surface area contributed by atoms with Crippen LogP contribution in [0.3, 0.4) is 0 Å². The lowest BCUT2D eigenvalue weighted by molar-refractivity contribution is 0.0769. The third kappa shape index (κ3) is 3.19. The first kappa shape index (κ1) is 16.0. The van der Waals surface area contributed by atoms with E-state index in [-0.39, 0.29) is 12.5 Å². The zero-order valence-corrected chi connectivity index (χ0v) is 14.8. The summed E-state index contributed by atoms with van der Waals surface area (Å²) in [6.45, 7) is 0.281. The van der Waals surface area contributed by atoms with Crippen molar-refractivity contribution < 1.29 is 9.32 Å². The molecule has 6 nitrogen and oxygen atoms in total. The number of pyridine rings is 1. The molecule has 0 saturated heterocycles. The predicted molar refractivity (Wildman–Crippen MR) is 94.3 cm³/mol. The third-order valence-electron chi connectivity index (χ3n) is 4.37. The third-order valence-corrected chi connectivity index (χ3v) is 5.46. The van der Waals surface area contributed by atoms with E-state index >= 15 is 0 Å². The molecule has 0 fully saturated rings. The Balaban J connectivity index is 1.49. The van der Waals surface area contributed by atoms with Crippen molar-refractivity contribution in [3.05, 3.63) is 51.7 Å². The molecular weight excluding hydrogens is 336 g/mol. The zero-order chi connectivity index (χ0) is 17.2. The number of thiophene rings is 1. The van der Waals surface area contributed by atoms with E-state index in [1.807, 2.05) is 23.6 Å². The average molecular weight is 354 g/mol. The molecule has 0 aromatic carbocycles. The number of aromatic nitrogens is 3. The fourth-order valence-electron chi connectivity index (χ4n) is 3.07. The van der Waals surface area contributed by atoms with Gasteiger partial charge in [-0.2, -0.15) is 4.98 Å². The summed E-state index contributed by atoms with van der Waals surface area (Å²) in [5.74, 6) is 0.849. The number of carbonyl (C=O) groups is 1. The highest BCUT2D eigenvalue weighted by Crippen LogP contribution is 2.31. The van der Waals surface area contributed by atoms with E-state index in [0.29, 0.717) is 17.4 Å². The molecule has 0 bridgehead atoms. The molecule has 1 amide bonds. The number of aryl methyl sites for hydroxylation is 1. The second-order valence-electron chi connectivity index (χ2n) is 6.15. The van der Waals surface area contributed by atoms with Crippen LogP contribution in [-0.2, 0) is 19.4 Å². The summed E-state index contributed by atoms with van der Waals surface area (Å²) >= 11 is 1.70. The second kappa shape index (κ2) is 6.76. The Bertz CT molecular complexity index is 888. The predicted octanol–water partition coefficient (Wildman–Crippen LogP) is 3.34. The minimum Gasteiger partial charge on any atom is -0.337 e. The number of hydrogen-bond acceptors (Lipinski definition) is 6. The summed E-state index contributed by atoms with van der Waals surface area (Å²) in [4.78, 5) is 24.3. The van der Waals surface area contributed by atoms with Gasteiger partial charge in [-0.25, -0.2) is 0 Å². The van der Waals surface area contributed by atoms with E-state index < -0.39 is 0 Å². The van der Waals surface area contributed by atoms with Gasteiger partial charge in [0, 0.05) is 23.5 Å². The Morgan fingerprint density at radius 3 is 3.04 bits per heavy atom. The molecule has 0 spiro atoms. The van der Waals surface area contributed by atoms with Crippen molar-refractivity contribution in [2.75, 3.05) is 7.05 Å². The monoisotopic (exact) mass is 354 g/mol. The highest BCUT2D eigenvalue weighted by atomic mass is 32.1. The van der Waals surface area contributed by atoms with Crippen molar-refractivity contribution in [3.8, 4) is 11.5 Å². The van der Waals surface area contributed by atoms with Crippen molar-refractivity contribution in [2.45, 2.75) is 32.2 Å². The lowest BCUT2D eigenvalue weighted by atomic mass is 9.95. The largest absolute Gasteiger partial charge is 0.337 e. The molecule has 0 aliphatic heterocycles. The maximum absolute atomic E-state index is 12.8. The van der Waals surface area contributed by atoms with Crippen molar-refractivity contribution in [3.63, 3.8) is 0 Å². The maximum Gasteiger partial charge on any atom is 0.255 e. The average Bonchev–Trinajstić information content (AvgIpc) is 3.29. The van der Waals surface area contributed by atoms with E-state index in [1.54, 1.807) is 29.5 Å². The highest BCUT2D eigenvalue weighted by molar-refractivity contribution is 7.10. The van der Waals surface area contributed by atoms with Gasteiger partial charge < -0.3 is 9.42 Å². The van der Waals surface area contributed by atoms with Gasteiger partial charge in [-0.05, 0) is 43.4 Å². The van der Waals surface area contributed by atoms with Crippen molar-refractivity contribution >= 4 is 17.2 Å². The van der Waals surface area contributed by atoms with Crippen LogP contribution in [0.4, 0.5) is 0 Å². The normalized spacial score (nSPS) is 13.5. The molecular formula is C18H18N4O2S. The van der Waals surface area contributed by atoms with Gasteiger partial charge in [-0.3, -0.25) is 9.78 Å². The topological polar surface area (TPSA) is 72.1 Å². The molecule has 3 aromatic heterocycles. The Morgan fingerprint density at radius 1 is 1.32 bits per heavy atom. The van der Waals surface area contributed by atoms with E-state index in [9.17, 15) is 4.79 Å². The summed E-state index contributed by atoms with van der Waals surface area (Å²) < 4.78 is 5.28. The summed E-state index contributed by atoms with van der Waals surface area (Å²) in [7, 11) is 1.76. The summed E-state index contributed by atoms with van der Waals surface area (Å²) in [5.41, 5.74) is 2.71. The first-order valence-corrected chi connectivity index (χ1v) is 9.19. The molecule has 128 valence electrons. The van der Waals surface area contributed by atoms with Crippen molar-refractivity contribution in [2.24, 2.45) is 0 Å². The molecule has 25 heavy (non-hydrogen) atoms. The molecule has 0 unspecified atom stereocenters. The van der Waals surface area contributed by atoms with E-state index in [1.165, 1.54) is 16.9 Å². The van der Waals surface area contributed by atoms with Crippen LogP contribution in [0.25, 0.3) is 11.5 Å². The van der Waals surface area contributed by atoms with Crippen LogP contribution >= 0.6 is 11.3 Å². The standard InChI is InChI=1S/C18H18N4O2S/c1-22(18(23)13-11-25-15-8-3-2-6-12(13)15)10-16-20-17(21-24-16)14-7-4-5-9-19-14/h4-5,7,9,11H,2-3,6,8,10H2,1H3. The molecule has 3 heterocycles. The molecule has 0 saturated carbocycles. The van der Waals surface area contributed by atoms with Gasteiger partial charge in [-0.1, -0.05) is 11.2 Å². The van der Waals surface area contributed by atoms with Gasteiger partial charge in [-0.15, -0.1) is 11.3 Å². The molecule has 3 aromatic rings. The van der Waals surface area contributed by atoms with Crippen LogP contribution in [0, 0.1) is 0 Å². The van der Waals surface area contributed by atoms with Gasteiger partial charge in [0.15, 0.2) is 0 Å². The molecule has 4 rings (SSSR count). The molecule has 1 aliphatic carbocycles. The van der Waals surface area contributed by atoms with Crippen LogP contribution in [0.5, 0.6) is 0 Å². The summed E-state index contributed by atoms with van der Waals surface area (Å²) in [6.07, 6.45) is 6.15. The maximum atomic E-state index is 12.8. The Labute approximate surface area is 149 Å². The lowest BCUT2D eigenvalue weighted by Crippen LogP contribution is -2.27. The zero-order valence-electron chi connectivity index (χ0n) is 13.9. The molecule has 1 aliphatic rings. The number of nitrogens with zero attached hydrogens (tertiary/aromatic N) is 4. The van der Waals surface area contributed by atoms with Gasteiger partial charge in [0.05, 0.1) is 12.1 Å². The van der Waals surface area contributed by atoms with Gasteiger partial charge in [0.1, 0.15) is 5.69 Å². The lowest BCUT2D eigenvalue weighted by Gasteiger charge is -2.17. The Hall–Kier alpha value is -2.54. The number of amides is 1. The number of rotatable bonds is 4. The molecule has 0 atom stereocenters. The van der Waals surface area contributed by atoms with Crippen LogP contribution in [0.15, 0.2) is 34.3 Å². The number of carbonyl (C=O) groups excluding carboxylic acids is 1. The molecule has 7 heteroatoms. The quantitative estimate of drug-likeness (QED) is 0.718. The van der Waals surface area contributed by atoms with Gasteiger partial charge >= 0.3 is 0 Å². The van der Waals surface area contributed by atoms with Gasteiger partial charge in [0.2, 0.25) is 11.7 Å². The highest BCUT2D eigenvalue weighted by Gasteiger charge is 2.23. The smallest absolute Gasteiger partial charge is 0.255 e. The number of hydrogen-bond donors (Lipinski definition) is 0. The SMILES string of the molecule is CN(Cc1nc(-c2ccccn2)no1)C(=O)c1csc2c1CCCC2. The van der Waals surface area contributed by atoms with Crippen molar-refractivity contribution in [1.82, 2.24) is 20.0 Å². The van der Waals surface area contributed by atoms with E-state index in [2.05, 4.69) is 15.1 Å². The van der Waals surface area contributed by atoms with Crippen LogP contribution < -0.4 is 0 Å². The minimum atomic E-state index is 0.0111. The molecule has 0 N–H and O–H groups in total. The summed E-state index contributed by atoms with van der Waals surface area (Å²) in [6, 6.07) is 5.52. The fourth-order valence-corrected chi connectivity index (χ4v) is 4.19. The first-order chi connectivity index (χ1) is 12.2. The second-order valence-corrected chi connectivity index (χ2v) is 7.11. The van der Waals surface area contributed by atoms with Crippen LogP contribution in [0.1, 0.15) is 39.5 Å². The van der Waals surface area contributed by atoms with Crippen LogP contribution in [0.2, 0.25) is 0 Å². The van der Waals surface area contributed by atoms with E-state index in [4.69, 9.17) is 4.52 Å². The van der Waals surface area contributed by atoms with E-state index in [0.717, 1.165) is 24.8 Å². The number of fused-ring (bicyclic) bond motifs is 1. The van der Waals surface area contributed by atoms with Gasteiger partial charge in [0.25, 0.3) is 5.91 Å². The summed E-state index contributed by atoms with van der Waals surface area (Å²) in [5, 5.41) is 5.94. The van der Waals surface area contributed by atoms with Crippen molar-refractivity contribution in [1.29, 1.82) is 0 Å². The first-order valence-electron chi connectivity index (χ1n) is 8.31. The molecule has 0 radical (unpaired) electrons. The Morgan fingerprint density at radius 2 is 2.20 bits per heavy atom. The Kier molecular flexibility index (Phi) is 4.31. The minimum absolute atomic E-state index is 0.0111. The fraction of sp³-hybridized carbons (Fsp3) is 0.333. The van der Waals surface area contributed by atoms with Crippen LogP contribution in [-0.4, -0.2) is 33.0 Å².